The number of phenols is 1. The number of hydrogen-bond donors (Lipinski definition) is 1. The molecular formula is C21H26O2. The van der Waals surface area contributed by atoms with Gasteiger partial charge in [0.25, 0.3) is 0 Å². The summed E-state index contributed by atoms with van der Waals surface area (Å²) in [5.41, 5.74) is 2.52. The Morgan fingerprint density at radius 1 is 1.00 bits per heavy atom. The van der Waals surface area contributed by atoms with Gasteiger partial charge in [-0.1, -0.05) is 57.5 Å². The van der Waals surface area contributed by atoms with E-state index in [4.69, 9.17) is 4.74 Å². The minimum atomic E-state index is 0.0256. The molecule has 0 saturated heterocycles. The molecule has 2 heteroatoms. The average Bonchev–Trinajstić information content (AvgIpc) is 2.81. The second kappa shape index (κ2) is 5.92. The number of phenolic OH excluding ortho intramolecular Hbond substituents is 1. The van der Waals surface area contributed by atoms with Crippen molar-refractivity contribution in [1.29, 1.82) is 0 Å². The highest BCUT2D eigenvalue weighted by molar-refractivity contribution is 5.46. The summed E-state index contributed by atoms with van der Waals surface area (Å²) in [4.78, 5) is 0. The van der Waals surface area contributed by atoms with Crippen molar-refractivity contribution in [3.8, 4) is 11.5 Å². The molecule has 0 aromatic heterocycles. The maximum Gasteiger partial charge on any atom is 0.123 e. The minimum Gasteiger partial charge on any atom is -0.508 e. The molecule has 1 unspecified atom stereocenters. The maximum absolute atomic E-state index is 10.0. The van der Waals surface area contributed by atoms with Crippen LogP contribution >= 0.6 is 0 Å². The van der Waals surface area contributed by atoms with Crippen LogP contribution in [0.5, 0.6) is 11.5 Å². The average molecular weight is 310 g/mol. The Labute approximate surface area is 139 Å². The molecule has 1 aliphatic rings. The van der Waals surface area contributed by atoms with E-state index in [0.29, 0.717) is 12.4 Å². The molecule has 0 heterocycles. The predicted molar refractivity (Wildman–Crippen MR) is 93.9 cm³/mol. The summed E-state index contributed by atoms with van der Waals surface area (Å²) < 4.78 is 6.14. The number of aromatic hydroxyl groups is 1. The van der Waals surface area contributed by atoms with Gasteiger partial charge in [0.1, 0.15) is 18.1 Å². The first-order valence-electron chi connectivity index (χ1n) is 8.43. The molecular weight excluding hydrogens is 284 g/mol. The second-order valence-corrected chi connectivity index (χ2v) is 7.52. The van der Waals surface area contributed by atoms with Crippen molar-refractivity contribution in [2.45, 2.75) is 52.1 Å². The van der Waals surface area contributed by atoms with Crippen LogP contribution in [0.4, 0.5) is 0 Å². The Bertz CT molecular complexity index is 675. The highest BCUT2D eigenvalue weighted by Gasteiger charge is 2.47. The van der Waals surface area contributed by atoms with Gasteiger partial charge < -0.3 is 9.84 Å². The summed E-state index contributed by atoms with van der Waals surface area (Å²) in [6, 6.07) is 15.7. The van der Waals surface area contributed by atoms with E-state index in [-0.39, 0.29) is 10.8 Å². The summed E-state index contributed by atoms with van der Waals surface area (Å²) in [6.07, 6.45) is 3.56. The lowest BCUT2D eigenvalue weighted by Gasteiger charge is -2.40. The van der Waals surface area contributed by atoms with Gasteiger partial charge in [-0.2, -0.15) is 0 Å². The van der Waals surface area contributed by atoms with Crippen molar-refractivity contribution < 1.29 is 9.84 Å². The lowest BCUT2D eigenvalue weighted by Crippen LogP contribution is -2.34. The zero-order valence-corrected chi connectivity index (χ0v) is 14.3. The van der Waals surface area contributed by atoms with Gasteiger partial charge in [0.05, 0.1) is 0 Å². The molecule has 1 saturated carbocycles. The van der Waals surface area contributed by atoms with E-state index in [0.717, 1.165) is 23.3 Å². The zero-order chi connectivity index (χ0) is 16.5. The SMILES string of the molecule is CC1(C)CCCC1(C)c1cc(O)ccc1OCc1ccccc1. The van der Waals surface area contributed by atoms with Crippen molar-refractivity contribution in [3.05, 3.63) is 59.7 Å². The van der Waals surface area contributed by atoms with E-state index < -0.39 is 0 Å². The quantitative estimate of drug-likeness (QED) is 0.815. The van der Waals surface area contributed by atoms with Gasteiger partial charge >= 0.3 is 0 Å². The Morgan fingerprint density at radius 2 is 1.74 bits per heavy atom. The lowest BCUT2D eigenvalue weighted by molar-refractivity contribution is 0.211. The molecule has 2 aromatic rings. The van der Waals surface area contributed by atoms with E-state index in [1.54, 1.807) is 6.07 Å². The molecule has 122 valence electrons. The summed E-state index contributed by atoms with van der Waals surface area (Å²) in [6.45, 7) is 7.51. The van der Waals surface area contributed by atoms with Gasteiger partial charge in [0, 0.05) is 11.0 Å². The highest BCUT2D eigenvalue weighted by Crippen LogP contribution is 2.56. The van der Waals surface area contributed by atoms with Crippen molar-refractivity contribution in [2.24, 2.45) is 5.41 Å². The maximum atomic E-state index is 10.0. The summed E-state index contributed by atoms with van der Waals surface area (Å²) in [5.74, 6) is 1.21. The van der Waals surface area contributed by atoms with E-state index in [1.807, 2.05) is 30.3 Å². The van der Waals surface area contributed by atoms with Crippen LogP contribution in [0, 0.1) is 5.41 Å². The molecule has 23 heavy (non-hydrogen) atoms. The first-order chi connectivity index (χ1) is 10.9. The van der Waals surface area contributed by atoms with Gasteiger partial charge in [0.2, 0.25) is 0 Å². The van der Waals surface area contributed by atoms with Crippen LogP contribution in [-0.4, -0.2) is 5.11 Å². The Hall–Kier alpha value is -1.96. The fourth-order valence-corrected chi connectivity index (χ4v) is 3.81. The van der Waals surface area contributed by atoms with Gasteiger partial charge in [-0.05, 0) is 42.0 Å². The van der Waals surface area contributed by atoms with Crippen LogP contribution in [0.1, 0.15) is 51.2 Å². The van der Waals surface area contributed by atoms with Gasteiger partial charge in [0.15, 0.2) is 0 Å². The molecule has 0 bridgehead atoms. The number of hydrogen-bond acceptors (Lipinski definition) is 2. The van der Waals surface area contributed by atoms with Gasteiger partial charge in [-0.3, -0.25) is 0 Å². The third-order valence-electron chi connectivity index (χ3n) is 5.77. The van der Waals surface area contributed by atoms with Crippen LogP contribution < -0.4 is 4.74 Å². The topological polar surface area (TPSA) is 29.5 Å². The molecule has 2 nitrogen and oxygen atoms in total. The van der Waals surface area contributed by atoms with Crippen LogP contribution in [-0.2, 0) is 12.0 Å². The molecule has 3 rings (SSSR count). The van der Waals surface area contributed by atoms with Crippen molar-refractivity contribution in [2.75, 3.05) is 0 Å². The van der Waals surface area contributed by atoms with Crippen molar-refractivity contribution in [1.82, 2.24) is 0 Å². The zero-order valence-electron chi connectivity index (χ0n) is 14.3. The molecule has 0 amide bonds. The molecule has 0 radical (unpaired) electrons. The molecule has 0 spiro atoms. The Balaban J connectivity index is 1.92. The molecule has 1 fully saturated rings. The van der Waals surface area contributed by atoms with E-state index >= 15 is 0 Å². The van der Waals surface area contributed by atoms with Crippen LogP contribution in [0.2, 0.25) is 0 Å². The van der Waals surface area contributed by atoms with Gasteiger partial charge in [-0.25, -0.2) is 0 Å². The van der Waals surface area contributed by atoms with Crippen molar-refractivity contribution >= 4 is 0 Å². The van der Waals surface area contributed by atoms with E-state index in [2.05, 4.69) is 32.9 Å². The largest absolute Gasteiger partial charge is 0.508 e. The van der Waals surface area contributed by atoms with E-state index in [9.17, 15) is 5.11 Å². The second-order valence-electron chi connectivity index (χ2n) is 7.52. The smallest absolute Gasteiger partial charge is 0.123 e. The van der Waals surface area contributed by atoms with Crippen LogP contribution in [0.3, 0.4) is 0 Å². The summed E-state index contributed by atoms with van der Waals surface area (Å²) in [5, 5.41) is 10.0. The Morgan fingerprint density at radius 3 is 2.39 bits per heavy atom. The fraction of sp³-hybridized carbons (Fsp3) is 0.429. The number of ether oxygens (including phenoxy) is 1. The summed E-state index contributed by atoms with van der Waals surface area (Å²) >= 11 is 0. The van der Waals surface area contributed by atoms with E-state index in [1.165, 1.54) is 12.8 Å². The first-order valence-corrected chi connectivity index (χ1v) is 8.43. The molecule has 1 atom stereocenters. The molecule has 2 aromatic carbocycles. The fourth-order valence-electron chi connectivity index (χ4n) is 3.81. The Kier molecular flexibility index (Phi) is 4.09. The van der Waals surface area contributed by atoms with Crippen LogP contribution in [0.15, 0.2) is 48.5 Å². The third kappa shape index (κ3) is 2.95. The standard InChI is InChI=1S/C21H26O2/c1-20(2)12-7-13-21(20,3)18-14-17(22)10-11-19(18)23-15-16-8-5-4-6-9-16/h4-6,8-11,14,22H,7,12-13,15H2,1-3H3. The third-order valence-corrected chi connectivity index (χ3v) is 5.77. The van der Waals surface area contributed by atoms with Gasteiger partial charge in [-0.15, -0.1) is 0 Å². The predicted octanol–water partition coefficient (Wildman–Crippen LogP) is 5.44. The van der Waals surface area contributed by atoms with Crippen molar-refractivity contribution in [3.63, 3.8) is 0 Å². The molecule has 1 aliphatic carbocycles. The number of rotatable bonds is 4. The van der Waals surface area contributed by atoms with Crippen LogP contribution in [0.25, 0.3) is 0 Å². The number of benzene rings is 2. The summed E-state index contributed by atoms with van der Waals surface area (Å²) in [7, 11) is 0. The monoisotopic (exact) mass is 310 g/mol. The first kappa shape index (κ1) is 15.9. The highest BCUT2D eigenvalue weighted by atomic mass is 16.5. The molecule has 0 aliphatic heterocycles. The molecule has 1 N–H and O–H groups in total. The minimum absolute atomic E-state index is 0.0256. The normalized spacial score (nSPS) is 22.9. The lowest BCUT2D eigenvalue weighted by atomic mass is 9.65.